The number of hydrogen-bond acceptors (Lipinski definition) is 3. The first-order valence-corrected chi connectivity index (χ1v) is 9.78. The van der Waals surface area contributed by atoms with Crippen molar-refractivity contribution in [1.29, 1.82) is 0 Å². The predicted octanol–water partition coefficient (Wildman–Crippen LogP) is 5.76. The lowest BCUT2D eigenvalue weighted by atomic mass is 9.98. The molecule has 0 amide bonds. The number of carboxylic acids is 1. The first kappa shape index (κ1) is 19.7. The van der Waals surface area contributed by atoms with Gasteiger partial charge in [0.15, 0.2) is 0 Å². The maximum absolute atomic E-state index is 11.1. The molecule has 0 bridgehead atoms. The van der Waals surface area contributed by atoms with Crippen LogP contribution in [-0.4, -0.2) is 30.4 Å². The number of aliphatic imine (C=N–C) groups is 1. The molecule has 1 aromatic rings. The summed E-state index contributed by atoms with van der Waals surface area (Å²) in [7, 11) is 0. The highest BCUT2D eigenvalue weighted by Crippen LogP contribution is 2.37. The van der Waals surface area contributed by atoms with E-state index in [-0.39, 0.29) is 6.42 Å². The van der Waals surface area contributed by atoms with E-state index in [1.165, 1.54) is 19.3 Å². The first-order chi connectivity index (χ1) is 13.0. The van der Waals surface area contributed by atoms with Crippen molar-refractivity contribution >= 4 is 46.6 Å². The molecule has 0 aliphatic carbocycles. The van der Waals surface area contributed by atoms with Gasteiger partial charge < -0.3 is 10.0 Å². The predicted molar refractivity (Wildman–Crippen MR) is 113 cm³/mol. The number of nitrogens with zero attached hydrogens (tertiary/aromatic N) is 2. The lowest BCUT2D eigenvalue weighted by Gasteiger charge is -2.29. The average Bonchev–Trinajstić information content (AvgIpc) is 2.62. The summed E-state index contributed by atoms with van der Waals surface area (Å²) in [5, 5.41) is 10.2. The van der Waals surface area contributed by atoms with Crippen molar-refractivity contribution in [3.63, 3.8) is 0 Å². The smallest absolute Gasteiger partial charge is 0.307 e. The Bertz CT molecular complexity index is 840. The van der Waals surface area contributed by atoms with Gasteiger partial charge in [0.05, 0.1) is 16.5 Å². The second-order valence-electron chi connectivity index (χ2n) is 6.80. The Morgan fingerprint density at radius 2 is 1.85 bits per heavy atom. The molecular weight excluding hydrogens is 383 g/mol. The Morgan fingerprint density at radius 3 is 2.48 bits per heavy atom. The Kier molecular flexibility index (Phi) is 6.40. The summed E-state index contributed by atoms with van der Waals surface area (Å²) in [6, 6.07) is 3.92. The summed E-state index contributed by atoms with van der Waals surface area (Å²) in [5.41, 5.74) is 4.07. The van der Waals surface area contributed by atoms with Gasteiger partial charge in [-0.2, -0.15) is 0 Å². The second-order valence-corrected chi connectivity index (χ2v) is 7.62. The number of benzene rings is 1. The van der Waals surface area contributed by atoms with Crippen molar-refractivity contribution in [3.8, 4) is 0 Å². The Hall–Kier alpha value is -2.04. The SMILES string of the molecule is CC1=C(CC(=O)O)\C=N/C=C/C(c2c(Cl)cc(N3CCCCC3)cc2Cl)=C\1. The molecule has 2 heterocycles. The highest BCUT2D eigenvalue weighted by molar-refractivity contribution is 6.38. The quantitative estimate of drug-likeness (QED) is 0.693. The molecule has 6 heteroatoms. The molecule has 2 aliphatic rings. The number of hydrogen-bond donors (Lipinski definition) is 1. The van der Waals surface area contributed by atoms with Crippen LogP contribution in [-0.2, 0) is 4.79 Å². The average molecular weight is 405 g/mol. The molecule has 4 nitrogen and oxygen atoms in total. The second kappa shape index (κ2) is 8.77. The number of carbonyl (C=O) groups is 1. The Balaban J connectivity index is 1.99. The van der Waals surface area contributed by atoms with Crippen LogP contribution in [0.2, 0.25) is 10.0 Å². The molecule has 0 atom stereocenters. The van der Waals surface area contributed by atoms with E-state index in [1.807, 2.05) is 31.2 Å². The van der Waals surface area contributed by atoms with E-state index in [1.54, 1.807) is 12.4 Å². The van der Waals surface area contributed by atoms with Crippen molar-refractivity contribution in [2.24, 2.45) is 4.99 Å². The van der Waals surface area contributed by atoms with Crippen LogP contribution in [0.4, 0.5) is 5.69 Å². The molecular formula is C21H22Cl2N2O2. The molecule has 2 aliphatic heterocycles. The van der Waals surface area contributed by atoms with Crippen molar-refractivity contribution in [1.82, 2.24) is 0 Å². The minimum Gasteiger partial charge on any atom is -0.481 e. The first-order valence-electron chi connectivity index (χ1n) is 9.03. The fourth-order valence-corrected chi connectivity index (χ4v) is 4.10. The lowest BCUT2D eigenvalue weighted by molar-refractivity contribution is -0.136. The zero-order valence-corrected chi connectivity index (χ0v) is 16.7. The summed E-state index contributed by atoms with van der Waals surface area (Å²) in [6.07, 6.45) is 10.5. The van der Waals surface area contributed by atoms with E-state index < -0.39 is 5.97 Å². The highest BCUT2D eigenvalue weighted by Gasteiger charge is 2.17. The van der Waals surface area contributed by atoms with E-state index in [0.717, 1.165) is 35.5 Å². The fourth-order valence-electron chi connectivity index (χ4n) is 3.41. The summed E-state index contributed by atoms with van der Waals surface area (Å²) >= 11 is 13.2. The zero-order chi connectivity index (χ0) is 19.4. The molecule has 0 spiro atoms. The normalized spacial score (nSPS) is 24.6. The molecule has 1 saturated heterocycles. The fraction of sp³-hybridized carbons (Fsp3) is 0.333. The van der Waals surface area contributed by atoms with Crippen LogP contribution in [0, 0.1) is 0 Å². The molecule has 0 saturated carbocycles. The van der Waals surface area contributed by atoms with Gasteiger partial charge in [-0.25, -0.2) is 0 Å². The van der Waals surface area contributed by atoms with E-state index >= 15 is 0 Å². The molecule has 0 unspecified atom stereocenters. The number of aliphatic carboxylic acids is 1. The van der Waals surface area contributed by atoms with Gasteiger partial charge >= 0.3 is 5.97 Å². The highest BCUT2D eigenvalue weighted by atomic mass is 35.5. The molecule has 27 heavy (non-hydrogen) atoms. The van der Waals surface area contributed by atoms with E-state index in [0.29, 0.717) is 15.6 Å². The van der Waals surface area contributed by atoms with Gasteiger partial charge in [-0.05, 0) is 61.1 Å². The van der Waals surface area contributed by atoms with Gasteiger partial charge in [0.25, 0.3) is 0 Å². The van der Waals surface area contributed by atoms with Gasteiger partial charge in [0.2, 0.25) is 0 Å². The lowest BCUT2D eigenvalue weighted by Crippen LogP contribution is -2.29. The number of piperidine rings is 1. The Labute approximate surface area is 169 Å². The number of halogens is 2. The number of carboxylic acid groups (broad SMARTS) is 1. The van der Waals surface area contributed by atoms with Gasteiger partial charge in [-0.15, -0.1) is 0 Å². The van der Waals surface area contributed by atoms with Crippen LogP contribution in [0.5, 0.6) is 0 Å². The third-order valence-corrected chi connectivity index (χ3v) is 5.42. The molecule has 0 aromatic heterocycles. The molecule has 0 radical (unpaired) electrons. The zero-order valence-electron chi connectivity index (χ0n) is 15.2. The van der Waals surface area contributed by atoms with Crippen LogP contribution < -0.4 is 4.90 Å². The van der Waals surface area contributed by atoms with Gasteiger partial charge in [-0.1, -0.05) is 29.3 Å². The monoisotopic (exact) mass is 404 g/mol. The van der Waals surface area contributed by atoms with Crippen LogP contribution in [0.1, 0.15) is 38.2 Å². The number of allylic oxidation sites excluding steroid dienone is 4. The maximum Gasteiger partial charge on any atom is 0.307 e. The maximum atomic E-state index is 11.1. The van der Waals surface area contributed by atoms with Crippen LogP contribution >= 0.6 is 23.2 Å². The summed E-state index contributed by atoms with van der Waals surface area (Å²) in [6.45, 7) is 3.90. The Morgan fingerprint density at radius 1 is 1.19 bits per heavy atom. The third-order valence-electron chi connectivity index (χ3n) is 4.83. The summed E-state index contributed by atoms with van der Waals surface area (Å²) in [5.74, 6) is -0.891. The van der Waals surface area contributed by atoms with Crippen LogP contribution in [0.15, 0.2) is 46.6 Å². The van der Waals surface area contributed by atoms with E-state index in [2.05, 4.69) is 9.89 Å². The summed E-state index contributed by atoms with van der Waals surface area (Å²) < 4.78 is 0. The molecule has 1 fully saturated rings. The molecule has 1 aromatic carbocycles. The molecule has 1 N–H and O–H groups in total. The largest absolute Gasteiger partial charge is 0.481 e. The van der Waals surface area contributed by atoms with Crippen molar-refractivity contribution in [2.45, 2.75) is 32.6 Å². The third kappa shape index (κ3) is 4.82. The number of anilines is 1. The van der Waals surface area contributed by atoms with E-state index in [4.69, 9.17) is 28.3 Å². The minimum atomic E-state index is -0.891. The minimum absolute atomic E-state index is 0.0810. The molecule has 3 rings (SSSR count). The standard InChI is InChI=1S/C21H22Cl2N2O2/c1-14-9-15(5-6-24-13-16(14)10-20(26)27)21-18(22)11-17(12-19(21)23)25-7-3-2-4-8-25/h5-6,9,11-13H,2-4,7-8,10H2,1H3,(H,26,27)/b6-5+,14-9?,15-5?,15-9+,16-13?,16-14+,24-6?,24-13-. The van der Waals surface area contributed by atoms with Gasteiger partial charge in [0, 0.05) is 36.8 Å². The van der Waals surface area contributed by atoms with Crippen LogP contribution in [0.25, 0.3) is 5.57 Å². The van der Waals surface area contributed by atoms with Crippen molar-refractivity contribution in [2.75, 3.05) is 18.0 Å². The van der Waals surface area contributed by atoms with Gasteiger partial charge in [0.1, 0.15) is 0 Å². The van der Waals surface area contributed by atoms with Crippen LogP contribution in [0.3, 0.4) is 0 Å². The molecule has 142 valence electrons. The van der Waals surface area contributed by atoms with Crippen molar-refractivity contribution in [3.05, 3.63) is 57.2 Å². The van der Waals surface area contributed by atoms with Gasteiger partial charge in [-0.3, -0.25) is 9.79 Å². The topological polar surface area (TPSA) is 52.9 Å². The van der Waals surface area contributed by atoms with Crippen molar-refractivity contribution < 1.29 is 9.90 Å². The summed E-state index contributed by atoms with van der Waals surface area (Å²) in [4.78, 5) is 17.6. The number of rotatable bonds is 4. The van der Waals surface area contributed by atoms with E-state index in [9.17, 15) is 4.79 Å².